The maximum Gasteiger partial charge on any atom is 0.228 e. The van der Waals surface area contributed by atoms with E-state index in [1.165, 1.54) is 0 Å². The first-order valence-electron chi connectivity index (χ1n) is 4.62. The van der Waals surface area contributed by atoms with Crippen molar-refractivity contribution >= 4 is 11.7 Å². The quantitative estimate of drug-likeness (QED) is 0.695. The van der Waals surface area contributed by atoms with Gasteiger partial charge in [-0.15, -0.1) is 0 Å². The van der Waals surface area contributed by atoms with Gasteiger partial charge < -0.3 is 5.32 Å². The highest BCUT2D eigenvalue weighted by molar-refractivity contribution is 6.07. The van der Waals surface area contributed by atoms with E-state index in [9.17, 15) is 9.59 Å². The fourth-order valence-corrected chi connectivity index (χ4v) is 1.62. The van der Waals surface area contributed by atoms with Gasteiger partial charge in [0.05, 0.1) is 12.5 Å². The zero-order valence-corrected chi connectivity index (χ0v) is 7.69. The monoisotopic (exact) mass is 189 g/mol. The lowest BCUT2D eigenvalue weighted by atomic mass is 10.0. The van der Waals surface area contributed by atoms with E-state index < -0.39 is 0 Å². The van der Waals surface area contributed by atoms with Crippen molar-refractivity contribution in [3.05, 3.63) is 35.9 Å². The largest absolute Gasteiger partial charge is 0.346 e. The Bertz CT molecular complexity index is 359. The third-order valence-corrected chi connectivity index (χ3v) is 2.34. The van der Waals surface area contributed by atoms with Gasteiger partial charge in [-0.1, -0.05) is 30.3 Å². The van der Waals surface area contributed by atoms with Crippen molar-refractivity contribution in [2.24, 2.45) is 0 Å². The van der Waals surface area contributed by atoms with Gasteiger partial charge in [-0.25, -0.2) is 0 Å². The third kappa shape index (κ3) is 1.82. The molecule has 1 heterocycles. The molecule has 1 N–H and O–H groups in total. The van der Waals surface area contributed by atoms with Gasteiger partial charge in [0.1, 0.15) is 0 Å². The highest BCUT2D eigenvalue weighted by Crippen LogP contribution is 2.09. The fourth-order valence-electron chi connectivity index (χ4n) is 1.62. The molecular weight excluding hydrogens is 178 g/mol. The molecule has 0 bridgehead atoms. The molecule has 1 saturated heterocycles. The summed E-state index contributed by atoms with van der Waals surface area (Å²) in [7, 11) is 0. The Kier molecular flexibility index (Phi) is 2.31. The molecule has 3 nitrogen and oxygen atoms in total. The lowest BCUT2D eigenvalue weighted by Crippen LogP contribution is -2.31. The summed E-state index contributed by atoms with van der Waals surface area (Å²) in [6.45, 7) is 0. The van der Waals surface area contributed by atoms with Crippen LogP contribution in [-0.4, -0.2) is 17.7 Å². The summed E-state index contributed by atoms with van der Waals surface area (Å²) in [4.78, 5) is 22.2. The molecule has 1 amide bonds. The topological polar surface area (TPSA) is 46.2 Å². The molecule has 0 aliphatic carbocycles. The van der Waals surface area contributed by atoms with Crippen LogP contribution in [0.2, 0.25) is 0 Å². The Morgan fingerprint density at radius 2 is 1.93 bits per heavy atom. The highest BCUT2D eigenvalue weighted by atomic mass is 16.2. The molecule has 1 unspecified atom stereocenters. The Morgan fingerprint density at radius 1 is 1.21 bits per heavy atom. The molecule has 0 radical (unpaired) electrons. The molecule has 1 aliphatic heterocycles. The van der Waals surface area contributed by atoms with E-state index in [1.807, 2.05) is 30.3 Å². The number of carbonyl (C=O) groups excluding carboxylic acids is 2. The van der Waals surface area contributed by atoms with Crippen molar-refractivity contribution < 1.29 is 9.59 Å². The zero-order valence-electron chi connectivity index (χ0n) is 7.69. The molecule has 1 fully saturated rings. The first-order valence-corrected chi connectivity index (χ1v) is 4.62. The molecule has 1 aromatic rings. The van der Waals surface area contributed by atoms with E-state index in [2.05, 4.69) is 5.32 Å². The minimum Gasteiger partial charge on any atom is -0.346 e. The number of carbonyl (C=O) groups is 2. The van der Waals surface area contributed by atoms with Crippen molar-refractivity contribution in [2.45, 2.75) is 18.9 Å². The van der Waals surface area contributed by atoms with Crippen LogP contribution in [0.3, 0.4) is 0 Å². The van der Waals surface area contributed by atoms with Gasteiger partial charge >= 0.3 is 0 Å². The fraction of sp³-hybridized carbons (Fsp3) is 0.273. The Balaban J connectivity index is 2.05. The van der Waals surface area contributed by atoms with E-state index in [0.29, 0.717) is 6.42 Å². The number of benzene rings is 1. The van der Waals surface area contributed by atoms with Crippen LogP contribution in [0.15, 0.2) is 30.3 Å². The van der Waals surface area contributed by atoms with Crippen LogP contribution in [0.25, 0.3) is 0 Å². The van der Waals surface area contributed by atoms with Crippen LogP contribution in [0.1, 0.15) is 12.0 Å². The van der Waals surface area contributed by atoms with Crippen LogP contribution in [0.5, 0.6) is 0 Å². The molecular formula is C11H11NO2. The summed E-state index contributed by atoms with van der Waals surface area (Å²) in [6.07, 6.45) is 0.642. The molecule has 72 valence electrons. The van der Waals surface area contributed by atoms with E-state index >= 15 is 0 Å². The van der Waals surface area contributed by atoms with Crippen molar-refractivity contribution in [2.75, 3.05) is 0 Å². The number of hydrogen-bond donors (Lipinski definition) is 1. The van der Waals surface area contributed by atoms with E-state index in [1.54, 1.807) is 0 Å². The molecule has 1 atom stereocenters. The van der Waals surface area contributed by atoms with Gasteiger partial charge in [-0.3, -0.25) is 9.59 Å². The van der Waals surface area contributed by atoms with Gasteiger partial charge in [-0.2, -0.15) is 0 Å². The molecule has 2 rings (SSSR count). The average molecular weight is 189 g/mol. The summed E-state index contributed by atoms with van der Waals surface area (Å²) in [6, 6.07) is 9.38. The Morgan fingerprint density at radius 3 is 2.50 bits per heavy atom. The predicted molar refractivity (Wildman–Crippen MR) is 51.7 cm³/mol. The maximum atomic E-state index is 11.3. The van der Waals surface area contributed by atoms with Crippen LogP contribution in [0.4, 0.5) is 0 Å². The number of Topliss-reactive ketones (excluding diaryl/α,β-unsaturated/α-hetero) is 1. The molecule has 1 aromatic carbocycles. The second-order valence-corrected chi connectivity index (χ2v) is 3.45. The second-order valence-electron chi connectivity index (χ2n) is 3.45. The van der Waals surface area contributed by atoms with Gasteiger partial charge in [0.15, 0.2) is 5.78 Å². The predicted octanol–water partition coefficient (Wildman–Crippen LogP) is 0.687. The molecule has 14 heavy (non-hydrogen) atoms. The van der Waals surface area contributed by atoms with Crippen LogP contribution in [-0.2, 0) is 16.0 Å². The van der Waals surface area contributed by atoms with Gasteiger partial charge in [0.25, 0.3) is 0 Å². The smallest absolute Gasteiger partial charge is 0.228 e. The molecule has 0 spiro atoms. The second kappa shape index (κ2) is 3.62. The summed E-state index contributed by atoms with van der Waals surface area (Å²) in [5.41, 5.74) is 1.08. The lowest BCUT2D eigenvalue weighted by Gasteiger charge is -2.07. The molecule has 3 heteroatoms. The first kappa shape index (κ1) is 8.94. The SMILES string of the molecule is O=C1CC(=O)C(Cc2ccccc2)N1. The summed E-state index contributed by atoms with van der Waals surface area (Å²) >= 11 is 0. The van der Waals surface area contributed by atoms with Crippen molar-refractivity contribution in [3.8, 4) is 0 Å². The van der Waals surface area contributed by atoms with Crippen molar-refractivity contribution in [1.29, 1.82) is 0 Å². The zero-order chi connectivity index (χ0) is 9.97. The van der Waals surface area contributed by atoms with Crippen molar-refractivity contribution in [1.82, 2.24) is 5.32 Å². The normalized spacial score (nSPS) is 21.0. The number of rotatable bonds is 2. The maximum absolute atomic E-state index is 11.3. The standard InChI is InChI=1S/C11H11NO2/c13-10-7-11(14)12-9(10)6-8-4-2-1-3-5-8/h1-5,9H,6-7H2,(H,12,14). The summed E-state index contributed by atoms with van der Waals surface area (Å²) in [5.74, 6) is -0.158. The van der Waals surface area contributed by atoms with Gasteiger partial charge in [0.2, 0.25) is 5.91 Å². The lowest BCUT2D eigenvalue weighted by molar-refractivity contribution is -0.122. The summed E-state index contributed by atoms with van der Waals surface area (Å²) < 4.78 is 0. The van der Waals surface area contributed by atoms with Crippen LogP contribution in [0, 0.1) is 0 Å². The number of nitrogens with one attached hydrogen (secondary N) is 1. The van der Waals surface area contributed by atoms with E-state index in [0.717, 1.165) is 5.56 Å². The molecule has 0 aromatic heterocycles. The Labute approximate surface area is 82.1 Å². The number of hydrogen-bond acceptors (Lipinski definition) is 2. The van der Waals surface area contributed by atoms with Crippen LogP contribution < -0.4 is 5.32 Å². The number of amides is 1. The minimum absolute atomic E-state index is 0.00106. The average Bonchev–Trinajstić information content (AvgIpc) is 2.47. The Hall–Kier alpha value is -1.64. The molecule has 0 saturated carbocycles. The minimum atomic E-state index is -0.315. The van der Waals surface area contributed by atoms with Crippen LogP contribution >= 0.6 is 0 Å². The third-order valence-electron chi connectivity index (χ3n) is 2.34. The summed E-state index contributed by atoms with van der Waals surface area (Å²) in [5, 5.41) is 2.66. The molecule has 1 aliphatic rings. The van der Waals surface area contributed by atoms with Crippen molar-refractivity contribution in [3.63, 3.8) is 0 Å². The van der Waals surface area contributed by atoms with Gasteiger partial charge in [-0.05, 0) is 12.0 Å². The first-order chi connectivity index (χ1) is 6.75. The van der Waals surface area contributed by atoms with E-state index in [4.69, 9.17) is 0 Å². The number of ketones is 1. The highest BCUT2D eigenvalue weighted by Gasteiger charge is 2.29. The van der Waals surface area contributed by atoms with E-state index in [-0.39, 0.29) is 24.2 Å². The van der Waals surface area contributed by atoms with Gasteiger partial charge in [0, 0.05) is 0 Å².